The molecule has 8 nitrogen and oxygen atoms in total. The number of carbonyl (C=O) groups is 2. The minimum Gasteiger partial charge on any atom is -0.346 e. The monoisotopic (exact) mass is 391 g/mol. The summed E-state index contributed by atoms with van der Waals surface area (Å²) < 4.78 is 0. The first kappa shape index (κ1) is 18.7. The third-order valence-corrected chi connectivity index (χ3v) is 5.15. The van der Waals surface area contributed by atoms with E-state index in [0.29, 0.717) is 42.2 Å². The number of benzene rings is 1. The minimum atomic E-state index is -0.0542. The predicted molar refractivity (Wildman–Crippen MR) is 111 cm³/mol. The van der Waals surface area contributed by atoms with Gasteiger partial charge in [0.1, 0.15) is 11.5 Å². The van der Waals surface area contributed by atoms with Crippen molar-refractivity contribution < 1.29 is 14.8 Å². The van der Waals surface area contributed by atoms with E-state index in [2.05, 4.69) is 33.8 Å². The smallest absolute Gasteiger partial charge is 0.254 e. The van der Waals surface area contributed by atoms with Gasteiger partial charge in [0.25, 0.3) is 5.91 Å². The van der Waals surface area contributed by atoms with Crippen molar-refractivity contribution in [3.05, 3.63) is 59.8 Å². The number of carbonyl (C=O) groups excluding carboxylic acids is 2. The molecule has 148 valence electrons. The summed E-state index contributed by atoms with van der Waals surface area (Å²) in [6.07, 6.45) is 4.49. The molecule has 3 heterocycles. The summed E-state index contributed by atoms with van der Waals surface area (Å²) in [6.45, 7) is 3.15. The summed E-state index contributed by atoms with van der Waals surface area (Å²) in [5.41, 5.74) is 5.99. The maximum Gasteiger partial charge on any atom is 0.254 e. The average Bonchev–Trinajstić information content (AvgIpc) is 3.22. The lowest BCUT2D eigenvalue weighted by molar-refractivity contribution is -0.105. The predicted octanol–water partition coefficient (Wildman–Crippen LogP) is 3.11. The van der Waals surface area contributed by atoms with Crippen molar-refractivity contribution in [2.24, 2.45) is 5.92 Å². The Balaban J connectivity index is 1.62. The zero-order valence-corrected chi connectivity index (χ0v) is 15.8. The molecule has 2 aromatic heterocycles. The highest BCUT2D eigenvalue weighted by molar-refractivity contribution is 5.97. The number of nitrogens with zero attached hydrogens (tertiary/aromatic N) is 2. The number of anilines is 2. The Morgan fingerprint density at radius 3 is 2.79 bits per heavy atom. The van der Waals surface area contributed by atoms with Gasteiger partial charge in [-0.05, 0) is 53.5 Å². The van der Waals surface area contributed by atoms with Crippen LogP contribution in [0, 0.1) is 5.92 Å². The van der Waals surface area contributed by atoms with Crippen LogP contribution in [0.4, 0.5) is 11.5 Å². The van der Waals surface area contributed by atoms with E-state index in [0.717, 1.165) is 16.5 Å². The van der Waals surface area contributed by atoms with Gasteiger partial charge >= 0.3 is 0 Å². The summed E-state index contributed by atoms with van der Waals surface area (Å²) in [4.78, 5) is 33.0. The van der Waals surface area contributed by atoms with Crippen molar-refractivity contribution in [1.82, 2.24) is 14.9 Å². The highest BCUT2D eigenvalue weighted by Crippen LogP contribution is 2.33. The van der Waals surface area contributed by atoms with Crippen LogP contribution in [0.25, 0.3) is 16.6 Å². The fourth-order valence-corrected chi connectivity index (χ4v) is 3.74. The quantitative estimate of drug-likeness (QED) is 0.395. The number of nitrogens with one attached hydrogen (secondary N) is 3. The number of hydrogen-bond donors (Lipinski definition) is 4. The minimum absolute atomic E-state index is 0.0542. The van der Waals surface area contributed by atoms with Crippen molar-refractivity contribution in [1.29, 1.82) is 0 Å². The van der Waals surface area contributed by atoms with Crippen molar-refractivity contribution >= 4 is 40.4 Å². The molecule has 0 aliphatic carbocycles. The summed E-state index contributed by atoms with van der Waals surface area (Å²) in [5.74, 6) is 0.534. The SMILES string of the molecule is CC1CN(C(=O)c2ccc(NO)cc2)CC=C1c1cc(NC=O)nc2[nH]ccc12. The van der Waals surface area contributed by atoms with Gasteiger partial charge in [-0.2, -0.15) is 0 Å². The molecule has 2 amide bonds. The van der Waals surface area contributed by atoms with E-state index >= 15 is 0 Å². The molecule has 4 N–H and O–H groups in total. The molecule has 0 fully saturated rings. The van der Waals surface area contributed by atoms with Gasteiger partial charge < -0.3 is 15.2 Å². The van der Waals surface area contributed by atoms with Gasteiger partial charge in [0.05, 0.1) is 5.69 Å². The second-order valence-electron chi connectivity index (χ2n) is 7.02. The normalized spacial score (nSPS) is 16.4. The van der Waals surface area contributed by atoms with Crippen LogP contribution in [0.5, 0.6) is 0 Å². The number of pyridine rings is 1. The van der Waals surface area contributed by atoms with Crippen LogP contribution in [-0.2, 0) is 4.79 Å². The number of aromatic amines is 1. The van der Waals surface area contributed by atoms with Crippen molar-refractivity contribution in [2.75, 3.05) is 23.9 Å². The van der Waals surface area contributed by atoms with Crippen LogP contribution in [-0.4, -0.2) is 45.5 Å². The summed E-state index contributed by atoms with van der Waals surface area (Å²) >= 11 is 0. The van der Waals surface area contributed by atoms with Crippen LogP contribution < -0.4 is 10.8 Å². The second kappa shape index (κ2) is 7.76. The largest absolute Gasteiger partial charge is 0.346 e. The zero-order valence-electron chi connectivity index (χ0n) is 15.8. The van der Waals surface area contributed by atoms with Crippen molar-refractivity contribution in [2.45, 2.75) is 6.92 Å². The Kier molecular flexibility index (Phi) is 5.01. The lowest BCUT2D eigenvalue weighted by Crippen LogP contribution is -2.38. The van der Waals surface area contributed by atoms with Gasteiger partial charge in [-0.15, -0.1) is 0 Å². The fourth-order valence-electron chi connectivity index (χ4n) is 3.74. The van der Waals surface area contributed by atoms with Crippen LogP contribution in [0.2, 0.25) is 0 Å². The molecule has 1 atom stereocenters. The Morgan fingerprint density at radius 1 is 1.31 bits per heavy atom. The van der Waals surface area contributed by atoms with Crippen LogP contribution in [0.1, 0.15) is 22.8 Å². The van der Waals surface area contributed by atoms with Crippen LogP contribution >= 0.6 is 0 Å². The molecular formula is C21H21N5O3. The molecule has 0 spiro atoms. The van der Waals surface area contributed by atoms with E-state index in [1.54, 1.807) is 29.2 Å². The van der Waals surface area contributed by atoms with E-state index < -0.39 is 0 Å². The molecule has 1 aliphatic rings. The number of rotatable bonds is 5. The van der Waals surface area contributed by atoms with Crippen LogP contribution in [0.3, 0.4) is 0 Å². The Hall–Kier alpha value is -3.65. The number of hydrogen-bond acceptors (Lipinski definition) is 5. The van der Waals surface area contributed by atoms with Gasteiger partial charge in [-0.25, -0.2) is 4.98 Å². The average molecular weight is 391 g/mol. The van der Waals surface area contributed by atoms with E-state index in [1.807, 2.05) is 18.3 Å². The van der Waals surface area contributed by atoms with Gasteiger partial charge in [0, 0.05) is 30.2 Å². The lowest BCUT2D eigenvalue weighted by atomic mass is 9.89. The third kappa shape index (κ3) is 3.57. The molecule has 29 heavy (non-hydrogen) atoms. The van der Waals surface area contributed by atoms with Crippen LogP contribution in [0.15, 0.2) is 48.7 Å². The summed E-state index contributed by atoms with van der Waals surface area (Å²) in [6, 6.07) is 10.5. The maximum absolute atomic E-state index is 12.8. The number of H-pyrrole nitrogens is 1. The fraction of sp³-hybridized carbons (Fsp3) is 0.190. The molecule has 0 saturated heterocycles. The van der Waals surface area contributed by atoms with E-state index in [9.17, 15) is 9.59 Å². The molecule has 1 unspecified atom stereocenters. The molecule has 0 saturated carbocycles. The molecule has 0 radical (unpaired) electrons. The zero-order chi connectivity index (χ0) is 20.4. The second-order valence-corrected chi connectivity index (χ2v) is 7.02. The topological polar surface area (TPSA) is 110 Å². The molecular weight excluding hydrogens is 370 g/mol. The first-order chi connectivity index (χ1) is 14.1. The molecule has 1 aliphatic heterocycles. The van der Waals surface area contributed by atoms with Crippen molar-refractivity contribution in [3.8, 4) is 0 Å². The Bertz CT molecular complexity index is 1090. The van der Waals surface area contributed by atoms with Crippen molar-refractivity contribution in [3.63, 3.8) is 0 Å². The Labute approximate surface area is 167 Å². The Morgan fingerprint density at radius 2 is 2.10 bits per heavy atom. The van der Waals surface area contributed by atoms with E-state index in [1.165, 1.54) is 0 Å². The summed E-state index contributed by atoms with van der Waals surface area (Å²) in [5, 5.41) is 12.5. The van der Waals surface area contributed by atoms with E-state index in [4.69, 9.17) is 5.21 Å². The lowest BCUT2D eigenvalue weighted by Gasteiger charge is -2.32. The highest BCUT2D eigenvalue weighted by atomic mass is 16.5. The molecule has 0 bridgehead atoms. The number of aromatic nitrogens is 2. The molecule has 8 heteroatoms. The van der Waals surface area contributed by atoms with Gasteiger partial charge in [-0.3, -0.25) is 20.3 Å². The number of fused-ring (bicyclic) bond motifs is 1. The first-order valence-corrected chi connectivity index (χ1v) is 9.29. The maximum atomic E-state index is 12.8. The third-order valence-electron chi connectivity index (χ3n) is 5.15. The highest BCUT2D eigenvalue weighted by Gasteiger charge is 2.26. The van der Waals surface area contributed by atoms with Gasteiger partial charge in [0.15, 0.2) is 0 Å². The number of amides is 2. The molecule has 3 aromatic rings. The van der Waals surface area contributed by atoms with E-state index in [-0.39, 0.29) is 11.8 Å². The first-order valence-electron chi connectivity index (χ1n) is 9.29. The molecule has 4 rings (SSSR count). The summed E-state index contributed by atoms with van der Waals surface area (Å²) in [7, 11) is 0. The standard InChI is InChI=1S/C21H21N5O3/c1-13-11-26(21(28)14-2-4-15(25-29)5-3-14)9-7-16(13)18-10-19(23-12-27)24-20-17(18)6-8-22-20/h2-8,10,12-13,25,29H,9,11H2,1H3,(H2,22,23,24,27). The molecule has 1 aromatic carbocycles. The van der Waals surface area contributed by atoms with Gasteiger partial charge in [-0.1, -0.05) is 13.0 Å². The van der Waals surface area contributed by atoms with Gasteiger partial charge in [0.2, 0.25) is 6.41 Å².